The summed E-state index contributed by atoms with van der Waals surface area (Å²) in [5, 5.41) is 19.9. The van der Waals surface area contributed by atoms with E-state index in [1.165, 1.54) is 38.2 Å². The molecule has 0 bridgehead atoms. The van der Waals surface area contributed by atoms with Gasteiger partial charge in [-0.3, -0.25) is 4.79 Å². The third-order valence-corrected chi connectivity index (χ3v) is 9.44. The zero-order chi connectivity index (χ0) is 38.0. The molecule has 0 radical (unpaired) electrons. The monoisotopic (exact) mass is 693 g/mol. The van der Waals surface area contributed by atoms with Crippen molar-refractivity contribution >= 4 is 17.6 Å². The van der Waals surface area contributed by atoms with Gasteiger partial charge in [-0.25, -0.2) is 0 Å². The number of hydrogen-bond donors (Lipinski definition) is 1. The van der Waals surface area contributed by atoms with Crippen molar-refractivity contribution in [3.8, 4) is 29.1 Å². The summed E-state index contributed by atoms with van der Waals surface area (Å²) >= 11 is 0. The molecule has 1 N–H and O–H groups in total. The highest BCUT2D eigenvalue weighted by atomic mass is 16.5. The van der Waals surface area contributed by atoms with Gasteiger partial charge in [0.1, 0.15) is 0 Å². The molecule has 7 heteroatoms. The summed E-state index contributed by atoms with van der Waals surface area (Å²) in [6.07, 6.45) is 11.7. The number of allylic oxidation sites excluding steroid dienone is 1. The molecule has 2 aromatic rings. The van der Waals surface area contributed by atoms with Crippen molar-refractivity contribution in [3.63, 3.8) is 0 Å². The molecule has 0 saturated carbocycles. The number of carbonyl (C=O) groups is 1. The summed E-state index contributed by atoms with van der Waals surface area (Å²) in [5.74, 6) is 1.59. The van der Waals surface area contributed by atoms with Gasteiger partial charge in [-0.15, -0.1) is 0 Å². The Morgan fingerprint density at radius 3 is 1.82 bits per heavy atom. The number of esters is 1. The smallest absolute Gasteiger partial charge is 0.312 e. The zero-order valence-corrected chi connectivity index (χ0v) is 33.3. The van der Waals surface area contributed by atoms with Crippen LogP contribution in [0.3, 0.4) is 0 Å². The van der Waals surface area contributed by atoms with E-state index in [1.807, 2.05) is 52.8 Å². The van der Waals surface area contributed by atoms with Crippen LogP contribution in [0.15, 0.2) is 36.4 Å². The normalized spacial score (nSPS) is 12.1. The van der Waals surface area contributed by atoms with E-state index in [4.69, 9.17) is 18.9 Å². The van der Waals surface area contributed by atoms with Crippen molar-refractivity contribution in [2.24, 2.45) is 16.2 Å². The Hall–Kier alpha value is -3.66. The number of phenols is 1. The Kier molecular flexibility index (Phi) is 19.1. The molecule has 0 atom stereocenters. The van der Waals surface area contributed by atoms with Crippen LogP contribution < -0.4 is 14.2 Å². The van der Waals surface area contributed by atoms with Crippen LogP contribution in [0.4, 0.5) is 0 Å². The maximum Gasteiger partial charge on any atom is 0.312 e. The first-order valence-corrected chi connectivity index (χ1v) is 18.6. The molecule has 0 aliphatic rings. The highest BCUT2D eigenvalue weighted by Crippen LogP contribution is 2.52. The number of carbonyl (C=O) groups excluding carboxylic acids is 1. The van der Waals surface area contributed by atoms with Gasteiger partial charge in [0, 0.05) is 0 Å². The van der Waals surface area contributed by atoms with Gasteiger partial charge in [0.05, 0.1) is 43.5 Å². The van der Waals surface area contributed by atoms with Crippen molar-refractivity contribution in [2.45, 2.75) is 140 Å². The van der Waals surface area contributed by atoms with E-state index in [0.29, 0.717) is 41.6 Å². The van der Waals surface area contributed by atoms with Crippen LogP contribution in [0.2, 0.25) is 0 Å². The molecule has 0 spiro atoms. The average Bonchev–Trinajstić information content (AvgIpc) is 3.06. The predicted molar refractivity (Wildman–Crippen MR) is 207 cm³/mol. The Bertz CT molecular complexity index is 1360. The predicted octanol–water partition coefficient (Wildman–Crippen LogP) is 11.8. The summed E-state index contributed by atoms with van der Waals surface area (Å²) in [6, 6.07) is 12.8. The number of hydrogen-bond acceptors (Lipinski definition) is 7. The lowest BCUT2D eigenvalue weighted by atomic mass is 9.55. The molecule has 0 saturated heterocycles. The van der Waals surface area contributed by atoms with Gasteiger partial charge in [-0.05, 0) is 92.0 Å². The van der Waals surface area contributed by atoms with Crippen molar-refractivity contribution in [1.82, 2.24) is 0 Å². The third-order valence-electron chi connectivity index (χ3n) is 9.44. The van der Waals surface area contributed by atoms with Crippen LogP contribution >= 0.6 is 0 Å². The number of unbranched alkanes of at least 4 members (excludes halogenated alkanes) is 8. The molecule has 2 aromatic carbocycles. The van der Waals surface area contributed by atoms with E-state index in [9.17, 15) is 15.2 Å². The molecule has 0 unspecified atom stereocenters. The Morgan fingerprint density at radius 1 is 0.780 bits per heavy atom. The van der Waals surface area contributed by atoms with Crippen molar-refractivity contribution in [1.29, 1.82) is 5.26 Å². The van der Waals surface area contributed by atoms with Crippen LogP contribution in [-0.2, 0) is 9.53 Å². The van der Waals surface area contributed by atoms with Gasteiger partial charge >= 0.3 is 5.97 Å². The molecule has 2 rings (SSSR count). The fourth-order valence-corrected chi connectivity index (χ4v) is 5.94. The fraction of sp³-hybridized carbons (Fsp3) is 0.628. The highest BCUT2D eigenvalue weighted by molar-refractivity contribution is 5.90. The van der Waals surface area contributed by atoms with E-state index >= 15 is 0 Å². The summed E-state index contributed by atoms with van der Waals surface area (Å²) in [4.78, 5) is 13.0. The van der Waals surface area contributed by atoms with Gasteiger partial charge in [0.25, 0.3) is 0 Å². The molecule has 280 valence electrons. The number of ether oxygens (including phenoxy) is 4. The Balaban J connectivity index is 0.00000613. The van der Waals surface area contributed by atoms with Crippen molar-refractivity contribution in [2.75, 3.05) is 20.3 Å². The average molecular weight is 694 g/mol. The minimum atomic E-state index is -0.548. The topological polar surface area (TPSA) is 98.0 Å². The first kappa shape index (κ1) is 44.4. The molecule has 0 amide bonds. The SMILES string of the molecule is CC.COc1cc(/C=C(\C#N)c2ccc(O)c(OC(C)C)c2)ccc1OCCCCCCCCCCCOC(=O)C(C)(C(C)(C)C)C(C)(C)C. The Morgan fingerprint density at radius 2 is 1.32 bits per heavy atom. The number of rotatable bonds is 19. The maximum atomic E-state index is 13.0. The van der Waals surface area contributed by atoms with E-state index in [0.717, 1.165) is 31.2 Å². The summed E-state index contributed by atoms with van der Waals surface area (Å²) < 4.78 is 23.0. The molecular weight excluding hydrogens is 626 g/mol. The molecular formula is C43H67NO6. The molecule has 0 heterocycles. The van der Waals surface area contributed by atoms with Gasteiger partial charge in [-0.1, -0.05) is 106 Å². The van der Waals surface area contributed by atoms with Gasteiger partial charge in [0.15, 0.2) is 23.0 Å². The largest absolute Gasteiger partial charge is 0.504 e. The second kappa shape index (κ2) is 21.5. The van der Waals surface area contributed by atoms with E-state index in [1.54, 1.807) is 25.3 Å². The number of methoxy groups -OCH3 is 1. The number of nitriles is 1. The fourth-order valence-electron chi connectivity index (χ4n) is 5.94. The third kappa shape index (κ3) is 13.6. The van der Waals surface area contributed by atoms with Crippen LogP contribution in [0, 0.1) is 27.6 Å². The Labute approximate surface area is 304 Å². The first-order chi connectivity index (χ1) is 23.5. The highest BCUT2D eigenvalue weighted by Gasteiger charge is 2.53. The van der Waals surface area contributed by atoms with Crippen molar-refractivity contribution in [3.05, 3.63) is 47.5 Å². The lowest BCUT2D eigenvalue weighted by Gasteiger charge is -2.48. The van der Waals surface area contributed by atoms with E-state index < -0.39 is 5.41 Å². The number of aromatic hydroxyl groups is 1. The molecule has 7 nitrogen and oxygen atoms in total. The molecule has 0 aliphatic carbocycles. The van der Waals surface area contributed by atoms with E-state index in [2.05, 4.69) is 47.6 Å². The van der Waals surface area contributed by atoms with E-state index in [-0.39, 0.29) is 28.7 Å². The van der Waals surface area contributed by atoms with Gasteiger partial charge < -0.3 is 24.1 Å². The van der Waals surface area contributed by atoms with Gasteiger partial charge in [-0.2, -0.15) is 5.26 Å². The molecule has 50 heavy (non-hydrogen) atoms. The number of benzene rings is 2. The van der Waals surface area contributed by atoms with Gasteiger partial charge in [0.2, 0.25) is 0 Å². The minimum Gasteiger partial charge on any atom is -0.504 e. The zero-order valence-electron chi connectivity index (χ0n) is 33.3. The second-order valence-corrected chi connectivity index (χ2v) is 15.2. The van der Waals surface area contributed by atoms with Crippen molar-refractivity contribution < 1.29 is 28.8 Å². The first-order valence-electron chi connectivity index (χ1n) is 18.6. The van der Waals surface area contributed by atoms with Crippen LogP contribution in [0.1, 0.15) is 145 Å². The number of phenolic OH excluding ortho intramolecular Hbond substituents is 1. The minimum absolute atomic E-state index is 0.0385. The van der Waals surface area contributed by atoms with Crippen LogP contribution in [0.5, 0.6) is 23.0 Å². The lowest BCUT2D eigenvalue weighted by molar-refractivity contribution is -0.172. The molecule has 0 fully saturated rings. The molecule has 0 aliphatic heterocycles. The summed E-state index contributed by atoms with van der Waals surface area (Å²) in [5.41, 5.74) is 0.998. The lowest BCUT2D eigenvalue weighted by Crippen LogP contribution is -2.50. The maximum absolute atomic E-state index is 13.0. The summed E-state index contributed by atoms with van der Waals surface area (Å²) in [7, 11) is 1.61. The molecule has 0 aromatic heterocycles. The number of nitrogens with zero attached hydrogens (tertiary/aromatic N) is 1. The standard InChI is InChI=1S/C41H61NO6.C2H6/c1-30(2)48-36-28-32(21-22-34(36)43)33(29-42)26-31-20-23-35(37(27-31)45-10)46-24-18-16-14-12-11-13-15-17-19-25-47-38(44)41(9,39(3,4)5)40(6,7)8;1-2/h20-23,26-28,30,43H,11-19,24-25H2,1-10H3;1-2H3/b33-26+;. The second-order valence-electron chi connectivity index (χ2n) is 15.2. The van der Waals surface area contributed by atoms with Crippen LogP contribution in [0.25, 0.3) is 11.6 Å². The van der Waals surface area contributed by atoms with Crippen LogP contribution in [-0.4, -0.2) is 37.5 Å². The summed E-state index contributed by atoms with van der Waals surface area (Å²) in [6.45, 7) is 23.7. The quantitative estimate of drug-likeness (QED) is 0.0676.